The molecule has 8 heteroatoms. The Morgan fingerprint density at radius 3 is 2.56 bits per heavy atom. The van der Waals surface area contributed by atoms with Crippen LogP contribution < -0.4 is 9.47 Å². The van der Waals surface area contributed by atoms with Crippen LogP contribution in [0.3, 0.4) is 0 Å². The molecule has 2 aliphatic rings. The van der Waals surface area contributed by atoms with Crippen molar-refractivity contribution >= 4 is 5.97 Å². The summed E-state index contributed by atoms with van der Waals surface area (Å²) in [7, 11) is 3.09. The quantitative estimate of drug-likeness (QED) is 0.347. The molecule has 2 aliphatic carbocycles. The van der Waals surface area contributed by atoms with Gasteiger partial charge in [0.25, 0.3) is 0 Å². The summed E-state index contributed by atoms with van der Waals surface area (Å²) in [6.07, 6.45) is 2.52. The summed E-state index contributed by atoms with van der Waals surface area (Å²) >= 11 is 0. The van der Waals surface area contributed by atoms with E-state index in [2.05, 4.69) is 4.98 Å². The highest BCUT2D eigenvalue weighted by Gasteiger charge is 2.63. The Labute approximate surface area is 226 Å². The number of carboxylic acids is 1. The van der Waals surface area contributed by atoms with Crippen molar-refractivity contribution in [1.82, 2.24) is 4.98 Å². The highest BCUT2D eigenvalue weighted by molar-refractivity contribution is 5.78. The monoisotopic (exact) mass is 537 g/mol. The first kappa shape index (κ1) is 27.1. The van der Waals surface area contributed by atoms with Gasteiger partial charge in [-0.3, -0.25) is 4.79 Å². The molecule has 0 radical (unpaired) electrons. The number of methoxy groups -OCH3 is 2. The average Bonchev–Trinajstić information content (AvgIpc) is 3.50. The predicted molar refractivity (Wildman–Crippen MR) is 142 cm³/mol. The lowest BCUT2D eigenvalue weighted by Crippen LogP contribution is -2.21. The number of carbonyl (C=O) groups is 1. The van der Waals surface area contributed by atoms with Gasteiger partial charge in [-0.1, -0.05) is 39.0 Å². The first-order chi connectivity index (χ1) is 18.5. The van der Waals surface area contributed by atoms with E-state index in [1.54, 1.807) is 25.3 Å². The van der Waals surface area contributed by atoms with Crippen LogP contribution in [-0.2, 0) is 28.0 Å². The summed E-state index contributed by atoms with van der Waals surface area (Å²) in [5, 5.41) is 9.52. The van der Waals surface area contributed by atoms with Crippen molar-refractivity contribution in [3.05, 3.63) is 76.5 Å². The molecule has 206 valence electrons. The van der Waals surface area contributed by atoms with Gasteiger partial charge in [0.2, 0.25) is 5.88 Å². The number of carboxylic acid groups (broad SMARTS) is 1. The Bertz CT molecular complexity index is 1430. The fourth-order valence-corrected chi connectivity index (χ4v) is 6.13. The van der Waals surface area contributed by atoms with E-state index in [1.165, 1.54) is 7.11 Å². The van der Waals surface area contributed by atoms with E-state index in [9.17, 15) is 14.3 Å². The largest absolute Gasteiger partial charge is 0.486 e. The van der Waals surface area contributed by atoms with Crippen LogP contribution in [-0.4, -0.2) is 30.3 Å². The Kier molecular flexibility index (Phi) is 6.87. The van der Waals surface area contributed by atoms with Gasteiger partial charge in [-0.05, 0) is 59.1 Å². The molecule has 1 aromatic heterocycles. The molecule has 1 spiro atoms. The van der Waals surface area contributed by atoms with E-state index in [0.29, 0.717) is 41.8 Å². The van der Waals surface area contributed by atoms with Crippen LogP contribution in [0.2, 0.25) is 0 Å². The molecule has 1 heterocycles. The second-order valence-electron chi connectivity index (χ2n) is 11.6. The molecule has 1 fully saturated rings. The standard InChI is InChI=1S/C31H33F2NO5/c1-30(2,3)28(38-5)21-12-17(6-8-19(21)20-13-25(37-4)34-15-23(20)32)16-39-24-9-7-18-10-11-31(26(18)27(24)33)14-22(31)29(35)36/h6-9,12-13,15,22,28H,10-11,14,16H2,1-5H3,(H,35,36)/t22-,28+,31+/m1/s1. The van der Waals surface area contributed by atoms with Gasteiger partial charge in [-0.15, -0.1) is 0 Å². The molecule has 3 aromatic rings. The lowest BCUT2D eigenvalue weighted by Gasteiger charge is -2.32. The minimum absolute atomic E-state index is 0.0705. The Morgan fingerprint density at radius 2 is 1.92 bits per heavy atom. The smallest absolute Gasteiger partial charge is 0.307 e. The maximum absolute atomic E-state index is 15.7. The molecule has 0 unspecified atom stereocenters. The lowest BCUT2D eigenvalue weighted by atomic mass is 9.81. The molecule has 39 heavy (non-hydrogen) atoms. The first-order valence-corrected chi connectivity index (χ1v) is 13.0. The molecule has 1 saturated carbocycles. The van der Waals surface area contributed by atoms with Gasteiger partial charge >= 0.3 is 5.97 Å². The van der Waals surface area contributed by atoms with Gasteiger partial charge < -0.3 is 19.3 Å². The van der Waals surface area contributed by atoms with Crippen LogP contribution in [0, 0.1) is 23.0 Å². The summed E-state index contributed by atoms with van der Waals surface area (Å²) in [5.41, 5.74) is 2.91. The second kappa shape index (κ2) is 9.90. The van der Waals surface area contributed by atoms with Crippen molar-refractivity contribution in [3.8, 4) is 22.8 Å². The third kappa shape index (κ3) is 4.75. The molecular formula is C31H33F2NO5. The zero-order valence-corrected chi connectivity index (χ0v) is 22.8. The van der Waals surface area contributed by atoms with E-state index in [4.69, 9.17) is 14.2 Å². The SMILES string of the molecule is COc1cc(-c2ccc(COc3ccc4c(c3F)[C@@]3(CC4)C[C@@H]3C(=O)O)cc2[C@H](OC)C(C)(C)C)c(F)cn1. The van der Waals surface area contributed by atoms with Gasteiger partial charge in [0.15, 0.2) is 11.6 Å². The third-order valence-electron chi connectivity index (χ3n) is 8.05. The van der Waals surface area contributed by atoms with Crippen molar-refractivity contribution in [3.63, 3.8) is 0 Å². The summed E-state index contributed by atoms with van der Waals surface area (Å²) in [5.74, 6) is -1.99. The normalized spacial score (nSPS) is 20.5. The molecule has 6 nitrogen and oxygen atoms in total. The molecular weight excluding hydrogens is 504 g/mol. The van der Waals surface area contributed by atoms with Crippen molar-refractivity contribution in [2.24, 2.45) is 11.3 Å². The van der Waals surface area contributed by atoms with Crippen LogP contribution in [0.4, 0.5) is 8.78 Å². The number of fused-ring (bicyclic) bond motifs is 2. The first-order valence-electron chi connectivity index (χ1n) is 13.0. The van der Waals surface area contributed by atoms with Crippen LogP contribution in [0.25, 0.3) is 11.1 Å². The molecule has 0 bridgehead atoms. The number of ether oxygens (including phenoxy) is 3. The van der Waals surface area contributed by atoms with Gasteiger partial charge in [0.05, 0.1) is 25.3 Å². The molecule has 0 saturated heterocycles. The molecule has 0 aliphatic heterocycles. The van der Waals surface area contributed by atoms with E-state index in [-0.39, 0.29) is 23.9 Å². The van der Waals surface area contributed by atoms with E-state index < -0.39 is 28.9 Å². The Hall–Kier alpha value is -3.52. The number of hydrogen-bond donors (Lipinski definition) is 1. The fraction of sp³-hybridized carbons (Fsp3) is 0.419. The summed E-state index contributed by atoms with van der Waals surface area (Å²) in [4.78, 5) is 15.6. The van der Waals surface area contributed by atoms with E-state index >= 15 is 4.39 Å². The van der Waals surface area contributed by atoms with Crippen LogP contribution >= 0.6 is 0 Å². The highest BCUT2D eigenvalue weighted by Crippen LogP contribution is 2.62. The number of aromatic nitrogens is 1. The number of aryl methyl sites for hydroxylation is 1. The number of rotatable bonds is 8. The average molecular weight is 538 g/mol. The molecule has 2 aromatic carbocycles. The topological polar surface area (TPSA) is 77.9 Å². The van der Waals surface area contributed by atoms with Gasteiger partial charge in [0.1, 0.15) is 12.4 Å². The van der Waals surface area contributed by atoms with Crippen molar-refractivity contribution in [1.29, 1.82) is 0 Å². The maximum atomic E-state index is 15.7. The van der Waals surface area contributed by atoms with Gasteiger partial charge in [-0.25, -0.2) is 13.8 Å². The summed E-state index contributed by atoms with van der Waals surface area (Å²) < 4.78 is 47.7. The van der Waals surface area contributed by atoms with Crippen LogP contribution in [0.5, 0.6) is 11.6 Å². The Morgan fingerprint density at radius 1 is 1.15 bits per heavy atom. The molecule has 3 atom stereocenters. The second-order valence-corrected chi connectivity index (χ2v) is 11.6. The number of halogens is 2. The van der Waals surface area contributed by atoms with Gasteiger partial charge in [0, 0.05) is 29.7 Å². The lowest BCUT2D eigenvalue weighted by molar-refractivity contribution is -0.139. The number of hydrogen-bond acceptors (Lipinski definition) is 5. The minimum Gasteiger partial charge on any atom is -0.486 e. The zero-order chi connectivity index (χ0) is 28.1. The summed E-state index contributed by atoms with van der Waals surface area (Å²) in [6.45, 7) is 6.18. The predicted octanol–water partition coefficient (Wildman–Crippen LogP) is 6.64. The Balaban J connectivity index is 1.48. The van der Waals surface area contributed by atoms with Crippen LogP contribution in [0.15, 0.2) is 42.6 Å². The van der Waals surface area contributed by atoms with Crippen molar-refractivity contribution < 1.29 is 32.9 Å². The fourth-order valence-electron chi connectivity index (χ4n) is 6.13. The number of nitrogens with zero attached hydrogens (tertiary/aromatic N) is 1. The third-order valence-corrected chi connectivity index (χ3v) is 8.05. The van der Waals surface area contributed by atoms with Gasteiger partial charge in [-0.2, -0.15) is 0 Å². The van der Waals surface area contributed by atoms with Crippen LogP contribution in [0.1, 0.15) is 62.0 Å². The highest BCUT2D eigenvalue weighted by atomic mass is 19.1. The number of benzene rings is 2. The molecule has 1 N–H and O–H groups in total. The van der Waals surface area contributed by atoms with Crippen molar-refractivity contribution in [2.75, 3.05) is 14.2 Å². The van der Waals surface area contributed by atoms with E-state index in [0.717, 1.165) is 22.9 Å². The maximum Gasteiger partial charge on any atom is 0.307 e. The molecule has 0 amide bonds. The number of aliphatic carboxylic acids is 1. The summed E-state index contributed by atoms with van der Waals surface area (Å²) in [6, 6.07) is 10.5. The molecule has 5 rings (SSSR count). The minimum atomic E-state index is -0.879. The van der Waals surface area contributed by atoms with E-state index in [1.807, 2.05) is 39.0 Å². The van der Waals surface area contributed by atoms with Crippen molar-refractivity contribution in [2.45, 2.75) is 58.2 Å². The number of pyridine rings is 1. The zero-order valence-electron chi connectivity index (χ0n) is 22.8.